The topological polar surface area (TPSA) is 129 Å². The van der Waals surface area contributed by atoms with Crippen LogP contribution in [-0.2, 0) is 38.4 Å². The number of carbonyl (C=O) groups excluding carboxylic acids is 2. The number of fused-ring (bicyclic) bond motifs is 1. The number of phenols is 1. The van der Waals surface area contributed by atoms with Crippen molar-refractivity contribution in [2.45, 2.75) is 64.0 Å². The summed E-state index contributed by atoms with van der Waals surface area (Å²) >= 11 is 0. The number of piperidine rings is 1. The minimum Gasteiger partial charge on any atom is -0.506 e. The Labute approximate surface area is 313 Å². The maximum Gasteiger partial charge on any atom is 0.262 e. The van der Waals surface area contributed by atoms with E-state index in [1.807, 2.05) is 13.2 Å². The molecule has 0 aliphatic carbocycles. The third kappa shape index (κ3) is 10.5. The maximum atomic E-state index is 12.7. The average Bonchev–Trinajstić information content (AvgIpc) is 3.16. The van der Waals surface area contributed by atoms with Gasteiger partial charge in [0.25, 0.3) is 5.91 Å². The molecule has 3 aromatic rings. The number of phenolic OH excluding ortho intramolecular Hbond substituents is 1. The van der Waals surface area contributed by atoms with Crippen LogP contribution in [-0.4, -0.2) is 117 Å². The summed E-state index contributed by atoms with van der Waals surface area (Å²) in [6, 6.07) is 16.5. The van der Waals surface area contributed by atoms with E-state index in [4.69, 9.17) is 19.2 Å². The molecule has 0 saturated carbocycles. The molecule has 12 heteroatoms. The van der Waals surface area contributed by atoms with Crippen LogP contribution < -0.4 is 20.3 Å². The fourth-order valence-corrected chi connectivity index (χ4v) is 7.34. The van der Waals surface area contributed by atoms with Crippen molar-refractivity contribution < 1.29 is 28.9 Å². The summed E-state index contributed by atoms with van der Waals surface area (Å²) in [5.41, 5.74) is 5.01. The van der Waals surface area contributed by atoms with Gasteiger partial charge in [-0.05, 0) is 78.6 Å². The largest absolute Gasteiger partial charge is 0.506 e. The number of nitrogens with zero attached hydrogens (tertiary/aromatic N) is 4. The second-order valence-corrected chi connectivity index (χ2v) is 14.9. The average molecular weight is 729 g/mol. The Morgan fingerprint density at radius 2 is 1.91 bits per heavy atom. The highest BCUT2D eigenvalue weighted by Gasteiger charge is 2.40. The summed E-state index contributed by atoms with van der Waals surface area (Å²) in [6.45, 7) is 12.7. The predicted molar refractivity (Wildman–Crippen MR) is 206 cm³/mol. The monoisotopic (exact) mass is 728 g/mol. The van der Waals surface area contributed by atoms with Crippen LogP contribution in [0.5, 0.6) is 11.5 Å². The minimum absolute atomic E-state index is 0.00888. The van der Waals surface area contributed by atoms with E-state index in [-0.39, 0.29) is 29.8 Å². The molecule has 0 radical (unpaired) electrons. The Hall–Kier alpha value is -4.23. The lowest BCUT2D eigenvalue weighted by atomic mass is 9.89. The van der Waals surface area contributed by atoms with Crippen molar-refractivity contribution in [2.24, 2.45) is 0 Å². The molecule has 3 aliphatic heterocycles. The van der Waals surface area contributed by atoms with E-state index in [9.17, 15) is 14.7 Å². The molecular formula is C41H56N6O6. The number of pyridine rings is 1. The highest BCUT2D eigenvalue weighted by Crippen LogP contribution is 2.39. The summed E-state index contributed by atoms with van der Waals surface area (Å²) in [4.78, 5) is 35.6. The molecule has 0 atom stereocenters. The van der Waals surface area contributed by atoms with E-state index in [1.165, 1.54) is 16.7 Å². The van der Waals surface area contributed by atoms with Gasteiger partial charge in [-0.3, -0.25) is 14.5 Å². The van der Waals surface area contributed by atoms with Crippen molar-refractivity contribution >= 4 is 23.3 Å². The quantitative estimate of drug-likeness (QED) is 0.145. The first-order valence-electron chi connectivity index (χ1n) is 19.1. The molecule has 6 rings (SSSR count). The summed E-state index contributed by atoms with van der Waals surface area (Å²) in [5.74, 6) is 1.83. The molecule has 286 valence electrons. The Balaban J connectivity index is 0.843. The van der Waals surface area contributed by atoms with E-state index in [0.29, 0.717) is 63.0 Å². The fraction of sp³-hybridized carbons (Fsp3) is 0.537. The molecule has 3 N–H and O–H groups in total. The highest BCUT2D eigenvalue weighted by molar-refractivity contribution is 5.97. The van der Waals surface area contributed by atoms with Gasteiger partial charge < -0.3 is 39.8 Å². The van der Waals surface area contributed by atoms with Crippen LogP contribution in [0.1, 0.15) is 61.3 Å². The molecular weight excluding hydrogens is 672 g/mol. The lowest BCUT2D eigenvalue weighted by Gasteiger charge is -2.47. The van der Waals surface area contributed by atoms with Crippen molar-refractivity contribution in [3.63, 3.8) is 0 Å². The predicted octanol–water partition coefficient (Wildman–Crippen LogP) is 4.35. The number of benzene rings is 2. The second kappa shape index (κ2) is 18.2. The summed E-state index contributed by atoms with van der Waals surface area (Å²) < 4.78 is 17.9. The number of anilines is 2. The number of carbonyl (C=O) groups is 2. The van der Waals surface area contributed by atoms with E-state index >= 15 is 0 Å². The number of likely N-dealkylation sites (tertiary alicyclic amines) is 1. The van der Waals surface area contributed by atoms with E-state index < -0.39 is 0 Å². The molecule has 0 bridgehead atoms. The van der Waals surface area contributed by atoms with Crippen molar-refractivity contribution in [1.29, 1.82) is 0 Å². The Morgan fingerprint density at radius 1 is 1.08 bits per heavy atom. The lowest BCUT2D eigenvalue weighted by molar-refractivity contribution is -0.131. The number of hydrogen-bond donors (Lipinski definition) is 3. The molecule has 2 fully saturated rings. The number of amides is 2. The van der Waals surface area contributed by atoms with E-state index in [0.717, 1.165) is 70.0 Å². The molecule has 0 unspecified atom stereocenters. The zero-order chi connectivity index (χ0) is 37.2. The number of ether oxygens (including phenoxy) is 3. The van der Waals surface area contributed by atoms with Crippen molar-refractivity contribution in [1.82, 2.24) is 20.1 Å². The van der Waals surface area contributed by atoms with Crippen molar-refractivity contribution in [3.8, 4) is 11.5 Å². The SMILES string of the molecule is CC(C)c1ccnc(N2CCOC3(CCN(Cc4cccc(CCOCCC(=O)N(C)CCNCCc5ccc(O)c6c5OCC(=O)N6)c4)CC3)C2)c1. The molecule has 1 spiro atoms. The highest BCUT2D eigenvalue weighted by atomic mass is 16.5. The lowest BCUT2D eigenvalue weighted by Crippen LogP contribution is -2.57. The summed E-state index contributed by atoms with van der Waals surface area (Å²) in [6.07, 6.45) is 5.79. The molecule has 53 heavy (non-hydrogen) atoms. The molecule has 2 amide bonds. The Bertz CT molecular complexity index is 1690. The number of morpholine rings is 1. The maximum absolute atomic E-state index is 12.7. The van der Waals surface area contributed by atoms with Crippen LogP contribution in [0, 0.1) is 0 Å². The molecule has 12 nitrogen and oxygen atoms in total. The van der Waals surface area contributed by atoms with Crippen molar-refractivity contribution in [2.75, 3.05) is 89.5 Å². The third-order valence-corrected chi connectivity index (χ3v) is 10.6. The van der Waals surface area contributed by atoms with Gasteiger partial charge >= 0.3 is 0 Å². The first-order valence-corrected chi connectivity index (χ1v) is 19.1. The van der Waals surface area contributed by atoms with E-state index in [1.54, 1.807) is 17.0 Å². The van der Waals surface area contributed by atoms with Gasteiger partial charge in [-0.1, -0.05) is 44.2 Å². The smallest absolute Gasteiger partial charge is 0.262 e. The third-order valence-electron chi connectivity index (χ3n) is 10.6. The normalized spacial score (nSPS) is 17.1. The molecule has 3 aliphatic rings. The molecule has 1 aromatic heterocycles. The number of hydrogen-bond acceptors (Lipinski definition) is 10. The first-order chi connectivity index (χ1) is 25.7. The fourth-order valence-electron chi connectivity index (χ4n) is 7.34. The van der Waals surface area contributed by atoms with Gasteiger partial charge in [0.1, 0.15) is 17.3 Å². The van der Waals surface area contributed by atoms with Gasteiger partial charge in [0.15, 0.2) is 12.4 Å². The molecule has 2 aromatic carbocycles. The van der Waals surface area contributed by atoms with Crippen LogP contribution >= 0.6 is 0 Å². The van der Waals surface area contributed by atoms with Gasteiger partial charge in [0, 0.05) is 59.1 Å². The van der Waals surface area contributed by atoms with Crippen LogP contribution in [0.25, 0.3) is 0 Å². The van der Waals surface area contributed by atoms with Gasteiger partial charge in [-0.15, -0.1) is 0 Å². The number of likely N-dealkylation sites (N-methyl/N-ethyl adjacent to an activating group) is 1. The number of aromatic hydroxyl groups is 1. The van der Waals surface area contributed by atoms with E-state index in [2.05, 4.69) is 70.7 Å². The molecule has 4 heterocycles. The number of rotatable bonds is 16. The number of nitrogens with one attached hydrogen (secondary N) is 2. The van der Waals surface area contributed by atoms with Crippen LogP contribution in [0.4, 0.5) is 11.5 Å². The molecule has 2 saturated heterocycles. The standard InChI is InChI=1S/C41H56N6O6/c1-30(2)34-10-16-43-36(26-34)47-21-24-53-41(29-47)13-18-46(19-14-41)27-32-6-4-5-31(25-32)11-22-51-23-12-38(50)45(3)20-17-42-15-9-33-7-8-35(48)39-40(33)52-28-37(49)44-39/h4-8,10,16,25-26,30,42,48H,9,11-15,17-24,27-29H2,1-3H3,(H,44,49). The van der Waals surface area contributed by atoms with Gasteiger partial charge in [-0.25, -0.2) is 4.98 Å². The van der Waals surface area contributed by atoms with Gasteiger partial charge in [0.2, 0.25) is 5.91 Å². The summed E-state index contributed by atoms with van der Waals surface area (Å²) in [7, 11) is 1.81. The zero-order valence-electron chi connectivity index (χ0n) is 31.6. The Morgan fingerprint density at radius 3 is 2.74 bits per heavy atom. The number of aromatic nitrogens is 1. The Kier molecular flexibility index (Phi) is 13.2. The van der Waals surface area contributed by atoms with Crippen molar-refractivity contribution in [3.05, 3.63) is 77.0 Å². The van der Waals surface area contributed by atoms with Crippen LogP contribution in [0.2, 0.25) is 0 Å². The minimum atomic E-state index is -0.283. The zero-order valence-corrected chi connectivity index (χ0v) is 31.6. The second-order valence-electron chi connectivity index (χ2n) is 14.9. The first kappa shape index (κ1) is 38.5. The van der Waals surface area contributed by atoms with Gasteiger partial charge in [0.05, 0.1) is 31.8 Å². The van der Waals surface area contributed by atoms with Crippen LogP contribution in [0.15, 0.2) is 54.7 Å². The van der Waals surface area contributed by atoms with Crippen LogP contribution in [0.3, 0.4) is 0 Å². The van der Waals surface area contributed by atoms with Gasteiger partial charge in [-0.2, -0.15) is 0 Å². The summed E-state index contributed by atoms with van der Waals surface area (Å²) in [5, 5.41) is 16.1.